The van der Waals surface area contributed by atoms with Crippen molar-refractivity contribution >= 4 is 23.0 Å². The summed E-state index contributed by atoms with van der Waals surface area (Å²) in [7, 11) is 0. The summed E-state index contributed by atoms with van der Waals surface area (Å²) in [4.78, 5) is 29.7. The lowest BCUT2D eigenvalue weighted by Crippen LogP contribution is -2.54. The van der Waals surface area contributed by atoms with Gasteiger partial charge in [0.2, 0.25) is 5.91 Å². The number of amides is 1. The maximum absolute atomic E-state index is 13.0. The van der Waals surface area contributed by atoms with E-state index in [0.29, 0.717) is 6.54 Å². The van der Waals surface area contributed by atoms with Crippen LogP contribution in [0.2, 0.25) is 0 Å². The molecule has 0 unspecified atom stereocenters. The minimum Gasteiger partial charge on any atom is -0.369 e. The maximum atomic E-state index is 13.0. The third kappa shape index (κ3) is 4.31. The molecule has 0 spiro atoms. The van der Waals surface area contributed by atoms with Crippen molar-refractivity contribution in [3.05, 3.63) is 64.7 Å². The highest BCUT2D eigenvalue weighted by Crippen LogP contribution is 2.22. The summed E-state index contributed by atoms with van der Waals surface area (Å²) in [6.07, 6.45) is 0. The highest BCUT2D eigenvalue weighted by Gasteiger charge is 2.29. The number of anilines is 2. The van der Waals surface area contributed by atoms with Crippen molar-refractivity contribution in [1.29, 1.82) is 0 Å². The van der Waals surface area contributed by atoms with Crippen molar-refractivity contribution in [2.75, 3.05) is 42.5 Å². The normalized spacial score (nSPS) is 15.9. The van der Waals surface area contributed by atoms with Gasteiger partial charge in [0, 0.05) is 56.2 Å². The smallest absolute Gasteiger partial charge is 0.269 e. The maximum Gasteiger partial charge on any atom is 0.269 e. The first-order valence-corrected chi connectivity index (χ1v) is 9.61. The Morgan fingerprint density at radius 2 is 1.68 bits per heavy atom. The van der Waals surface area contributed by atoms with Crippen LogP contribution in [0.4, 0.5) is 17.1 Å². The predicted molar refractivity (Wildman–Crippen MR) is 111 cm³/mol. The average Bonchev–Trinajstić information content (AvgIpc) is 2.74. The number of nitro groups is 1. The molecule has 0 aromatic heterocycles. The Kier molecular flexibility index (Phi) is 6.26. The van der Waals surface area contributed by atoms with E-state index >= 15 is 0 Å². The van der Waals surface area contributed by atoms with Gasteiger partial charge in [-0.25, -0.2) is 0 Å². The zero-order valence-electron chi connectivity index (χ0n) is 16.3. The predicted octanol–water partition coefficient (Wildman–Crippen LogP) is 3.16. The first kappa shape index (κ1) is 19.8. The largest absolute Gasteiger partial charge is 0.369 e. The summed E-state index contributed by atoms with van der Waals surface area (Å²) in [6, 6.07) is 16.2. The highest BCUT2D eigenvalue weighted by atomic mass is 16.6. The van der Waals surface area contributed by atoms with Gasteiger partial charge in [-0.2, -0.15) is 0 Å². The second kappa shape index (κ2) is 8.84. The lowest BCUT2D eigenvalue weighted by molar-refractivity contribution is -0.384. The quantitative estimate of drug-likeness (QED) is 0.567. The van der Waals surface area contributed by atoms with Crippen LogP contribution in [0.15, 0.2) is 54.6 Å². The Bertz CT molecular complexity index is 802. The van der Waals surface area contributed by atoms with Crippen molar-refractivity contribution in [3.8, 4) is 0 Å². The van der Waals surface area contributed by atoms with Crippen LogP contribution >= 0.6 is 0 Å². The van der Waals surface area contributed by atoms with E-state index in [1.54, 1.807) is 12.1 Å². The van der Waals surface area contributed by atoms with Gasteiger partial charge in [0.15, 0.2) is 0 Å². The van der Waals surface area contributed by atoms with Crippen molar-refractivity contribution in [3.63, 3.8) is 0 Å². The molecule has 0 radical (unpaired) electrons. The van der Waals surface area contributed by atoms with Crippen molar-refractivity contribution in [1.82, 2.24) is 4.90 Å². The number of carbonyl (C=O) groups excluding carboxylic acids is 1. The van der Waals surface area contributed by atoms with Crippen LogP contribution in [-0.4, -0.2) is 54.5 Å². The molecule has 1 fully saturated rings. The number of carbonyl (C=O) groups is 1. The van der Waals surface area contributed by atoms with E-state index in [4.69, 9.17) is 0 Å². The zero-order valence-corrected chi connectivity index (χ0v) is 16.3. The fourth-order valence-corrected chi connectivity index (χ4v) is 3.61. The van der Waals surface area contributed by atoms with Gasteiger partial charge in [0.1, 0.15) is 0 Å². The number of likely N-dealkylation sites (N-methyl/N-ethyl adjacent to an activating group) is 1. The molecule has 0 N–H and O–H groups in total. The number of piperazine rings is 1. The number of rotatable bonds is 6. The zero-order chi connectivity index (χ0) is 20.1. The molecule has 7 heteroatoms. The number of hydrogen-bond donors (Lipinski definition) is 0. The third-order valence-corrected chi connectivity index (χ3v) is 5.30. The van der Waals surface area contributed by atoms with Crippen molar-refractivity contribution < 1.29 is 9.72 Å². The second-order valence-corrected chi connectivity index (χ2v) is 6.89. The van der Waals surface area contributed by atoms with E-state index < -0.39 is 0 Å². The van der Waals surface area contributed by atoms with Gasteiger partial charge in [0.05, 0.1) is 11.0 Å². The average molecular weight is 382 g/mol. The Morgan fingerprint density at radius 3 is 2.21 bits per heavy atom. The molecular formula is C21H26N4O3. The van der Waals surface area contributed by atoms with Gasteiger partial charge in [-0.15, -0.1) is 0 Å². The molecule has 1 atom stereocenters. The van der Waals surface area contributed by atoms with Crippen LogP contribution in [0.3, 0.4) is 0 Å². The van der Waals surface area contributed by atoms with E-state index in [1.165, 1.54) is 12.1 Å². The van der Waals surface area contributed by atoms with E-state index in [0.717, 1.165) is 37.6 Å². The topological polar surface area (TPSA) is 69.9 Å². The lowest BCUT2D eigenvalue weighted by Gasteiger charge is -2.39. The first-order valence-electron chi connectivity index (χ1n) is 9.61. The Balaban J connectivity index is 1.60. The van der Waals surface area contributed by atoms with Gasteiger partial charge >= 0.3 is 0 Å². The highest BCUT2D eigenvalue weighted by molar-refractivity contribution is 5.96. The minimum atomic E-state index is -0.388. The number of benzene rings is 2. The molecule has 0 aliphatic carbocycles. The lowest BCUT2D eigenvalue weighted by atomic mass is 10.1. The summed E-state index contributed by atoms with van der Waals surface area (Å²) in [6.45, 7) is 7.71. The molecule has 2 aromatic carbocycles. The summed E-state index contributed by atoms with van der Waals surface area (Å²) in [5, 5.41) is 10.8. The molecule has 0 saturated carbocycles. The summed E-state index contributed by atoms with van der Waals surface area (Å²) >= 11 is 0. The number of nitrogens with zero attached hydrogens (tertiary/aromatic N) is 4. The van der Waals surface area contributed by atoms with Crippen LogP contribution in [0, 0.1) is 10.1 Å². The van der Waals surface area contributed by atoms with Gasteiger partial charge in [-0.1, -0.05) is 18.2 Å². The second-order valence-electron chi connectivity index (χ2n) is 6.89. The number of hydrogen-bond acceptors (Lipinski definition) is 5. The Morgan fingerprint density at radius 1 is 1.07 bits per heavy atom. The monoisotopic (exact) mass is 382 g/mol. The Hall–Kier alpha value is -2.93. The molecule has 148 valence electrons. The summed E-state index contributed by atoms with van der Waals surface area (Å²) < 4.78 is 0. The summed E-state index contributed by atoms with van der Waals surface area (Å²) in [5.74, 6) is 0.109. The SMILES string of the molecule is CCN(C(=O)[C@@H](C)N1CCN(c2ccc([N+](=O)[O-])cc2)CC1)c1ccccc1. The van der Waals surface area contributed by atoms with Crippen molar-refractivity contribution in [2.45, 2.75) is 19.9 Å². The first-order chi connectivity index (χ1) is 13.5. The van der Waals surface area contributed by atoms with Crippen molar-refractivity contribution in [2.24, 2.45) is 0 Å². The number of para-hydroxylation sites is 1. The molecule has 1 aliphatic heterocycles. The van der Waals surface area contributed by atoms with Gasteiger partial charge in [-0.3, -0.25) is 19.8 Å². The van der Waals surface area contributed by atoms with E-state index in [-0.39, 0.29) is 22.6 Å². The number of nitro benzene ring substituents is 1. The van der Waals surface area contributed by atoms with Crippen LogP contribution in [0.5, 0.6) is 0 Å². The third-order valence-electron chi connectivity index (χ3n) is 5.30. The van der Waals surface area contributed by atoms with Crippen LogP contribution in [-0.2, 0) is 4.79 Å². The van der Waals surface area contributed by atoms with Gasteiger partial charge in [0.25, 0.3) is 5.69 Å². The molecule has 2 aromatic rings. The van der Waals surface area contributed by atoms with Crippen LogP contribution in [0.25, 0.3) is 0 Å². The fraction of sp³-hybridized carbons (Fsp3) is 0.381. The van der Waals surface area contributed by atoms with Crippen LogP contribution < -0.4 is 9.80 Å². The van der Waals surface area contributed by atoms with Gasteiger partial charge in [-0.05, 0) is 38.1 Å². The summed E-state index contributed by atoms with van der Waals surface area (Å²) in [5.41, 5.74) is 2.00. The van der Waals surface area contributed by atoms with E-state index in [1.807, 2.05) is 49.1 Å². The van der Waals surface area contributed by atoms with Crippen LogP contribution in [0.1, 0.15) is 13.8 Å². The molecule has 1 saturated heterocycles. The Labute approximate surface area is 165 Å². The molecule has 1 aliphatic rings. The standard InChI is InChI=1S/C21H26N4O3/c1-3-24(19-7-5-4-6-8-19)21(26)17(2)22-13-15-23(16-14-22)18-9-11-20(12-10-18)25(27)28/h4-12,17H,3,13-16H2,1-2H3/t17-/m1/s1. The molecule has 1 amide bonds. The number of non-ortho nitro benzene ring substituents is 1. The van der Waals surface area contributed by atoms with E-state index in [2.05, 4.69) is 9.80 Å². The fourth-order valence-electron chi connectivity index (χ4n) is 3.61. The molecule has 28 heavy (non-hydrogen) atoms. The molecule has 3 rings (SSSR count). The molecule has 7 nitrogen and oxygen atoms in total. The van der Waals surface area contributed by atoms with Gasteiger partial charge < -0.3 is 9.80 Å². The molecule has 1 heterocycles. The van der Waals surface area contributed by atoms with E-state index in [9.17, 15) is 14.9 Å². The minimum absolute atomic E-state index is 0.0992. The molecular weight excluding hydrogens is 356 g/mol. The molecule has 0 bridgehead atoms.